The van der Waals surface area contributed by atoms with E-state index in [-0.39, 0.29) is 5.91 Å². The number of carboxylic acids is 1. The number of nitrogens with one attached hydrogen (secondary N) is 1. The van der Waals surface area contributed by atoms with E-state index in [1.54, 1.807) is 0 Å². The predicted octanol–water partition coefficient (Wildman–Crippen LogP) is 2.52. The molecular weight excluding hydrogens is 262 g/mol. The molecule has 1 rings (SSSR count). The van der Waals surface area contributed by atoms with Crippen LogP contribution in [0.3, 0.4) is 0 Å². The molecule has 110 valence electrons. The molecule has 0 aromatic carbocycles. The van der Waals surface area contributed by atoms with Crippen LogP contribution in [0.15, 0.2) is 0 Å². The van der Waals surface area contributed by atoms with E-state index in [2.05, 4.69) is 19.2 Å². The van der Waals surface area contributed by atoms with E-state index in [1.165, 1.54) is 26.2 Å². The van der Waals surface area contributed by atoms with E-state index >= 15 is 0 Å². The summed E-state index contributed by atoms with van der Waals surface area (Å²) in [5.41, 5.74) is 0. The van der Waals surface area contributed by atoms with Crippen molar-refractivity contribution < 1.29 is 14.7 Å². The molecule has 0 spiro atoms. The highest BCUT2D eigenvalue weighted by Gasteiger charge is 2.25. The molecule has 0 aromatic heterocycles. The summed E-state index contributed by atoms with van der Waals surface area (Å²) in [5.74, 6) is 1.14. The van der Waals surface area contributed by atoms with Gasteiger partial charge in [-0.05, 0) is 43.3 Å². The second-order valence-corrected chi connectivity index (χ2v) is 7.05. The highest BCUT2D eigenvalue weighted by Crippen LogP contribution is 2.35. The number of carbonyl (C=O) groups excluding carboxylic acids is 1. The zero-order valence-electron chi connectivity index (χ0n) is 12.0. The van der Waals surface area contributed by atoms with Gasteiger partial charge in [-0.3, -0.25) is 4.79 Å². The second-order valence-electron chi connectivity index (χ2n) is 5.64. The molecule has 0 bridgehead atoms. The zero-order valence-corrected chi connectivity index (χ0v) is 12.8. The van der Waals surface area contributed by atoms with Crippen LogP contribution in [0, 0.1) is 11.8 Å². The van der Waals surface area contributed by atoms with Crippen LogP contribution in [0.25, 0.3) is 0 Å². The maximum absolute atomic E-state index is 11.0. The van der Waals surface area contributed by atoms with E-state index in [0.717, 1.165) is 17.6 Å². The van der Waals surface area contributed by atoms with Crippen LogP contribution in [0.5, 0.6) is 0 Å². The molecule has 0 heterocycles. The van der Waals surface area contributed by atoms with Gasteiger partial charge in [-0.15, -0.1) is 0 Å². The first-order valence-corrected chi connectivity index (χ1v) is 8.06. The number of amides is 1. The summed E-state index contributed by atoms with van der Waals surface area (Å²) in [6.07, 6.45) is 4.23. The summed E-state index contributed by atoms with van der Waals surface area (Å²) in [5, 5.41) is 12.1. The second kappa shape index (κ2) is 7.78. The van der Waals surface area contributed by atoms with Crippen molar-refractivity contribution in [2.75, 3.05) is 5.75 Å². The van der Waals surface area contributed by atoms with E-state index in [0.29, 0.717) is 11.7 Å². The van der Waals surface area contributed by atoms with E-state index in [4.69, 9.17) is 5.11 Å². The van der Waals surface area contributed by atoms with Crippen LogP contribution < -0.4 is 5.32 Å². The Kier molecular flexibility index (Phi) is 6.69. The van der Waals surface area contributed by atoms with Crippen molar-refractivity contribution in [2.45, 2.75) is 57.7 Å². The monoisotopic (exact) mass is 287 g/mol. The fraction of sp³-hybridized carbons (Fsp3) is 0.857. The Balaban J connectivity index is 2.28. The molecule has 0 radical (unpaired) electrons. The topological polar surface area (TPSA) is 66.4 Å². The molecule has 4 atom stereocenters. The SMILES string of the molecule is CC(=O)NC(CCSC1CCC(C)C(C)C1)C(=O)O. The molecule has 5 heteroatoms. The Hall–Kier alpha value is -0.710. The van der Waals surface area contributed by atoms with Crippen LogP contribution in [-0.4, -0.2) is 34.0 Å². The maximum Gasteiger partial charge on any atom is 0.326 e. The molecule has 2 N–H and O–H groups in total. The van der Waals surface area contributed by atoms with Crippen molar-refractivity contribution in [3.05, 3.63) is 0 Å². The fourth-order valence-corrected chi connectivity index (χ4v) is 3.95. The van der Waals surface area contributed by atoms with Crippen molar-refractivity contribution in [1.29, 1.82) is 0 Å². The lowest BCUT2D eigenvalue weighted by Crippen LogP contribution is -2.40. The van der Waals surface area contributed by atoms with Gasteiger partial charge in [-0.25, -0.2) is 4.79 Å². The minimum Gasteiger partial charge on any atom is -0.480 e. The van der Waals surface area contributed by atoms with Gasteiger partial charge in [0.1, 0.15) is 6.04 Å². The first kappa shape index (κ1) is 16.3. The van der Waals surface area contributed by atoms with Gasteiger partial charge in [-0.1, -0.05) is 13.8 Å². The Bertz CT molecular complexity index is 322. The molecule has 19 heavy (non-hydrogen) atoms. The standard InChI is InChI=1S/C14H25NO3S/c1-9-4-5-12(8-10(9)2)19-7-6-13(14(17)18)15-11(3)16/h9-10,12-13H,4-8H2,1-3H3,(H,15,16)(H,17,18). The number of thioether (sulfide) groups is 1. The third-order valence-electron chi connectivity index (χ3n) is 3.99. The third kappa shape index (κ3) is 5.85. The fourth-order valence-electron chi connectivity index (χ4n) is 2.50. The summed E-state index contributed by atoms with van der Waals surface area (Å²) in [6.45, 7) is 5.96. The van der Waals surface area contributed by atoms with Gasteiger partial charge in [0.25, 0.3) is 0 Å². The van der Waals surface area contributed by atoms with Crippen LogP contribution >= 0.6 is 11.8 Å². The molecular formula is C14H25NO3S. The average Bonchev–Trinajstić information content (AvgIpc) is 2.31. The van der Waals surface area contributed by atoms with Crippen molar-refractivity contribution in [2.24, 2.45) is 11.8 Å². The Morgan fingerprint density at radius 2 is 2.00 bits per heavy atom. The lowest BCUT2D eigenvalue weighted by molar-refractivity contribution is -0.141. The largest absolute Gasteiger partial charge is 0.480 e. The summed E-state index contributed by atoms with van der Waals surface area (Å²) in [4.78, 5) is 21.9. The Morgan fingerprint density at radius 3 is 2.53 bits per heavy atom. The van der Waals surface area contributed by atoms with Crippen LogP contribution in [-0.2, 0) is 9.59 Å². The Labute approximate surface area is 119 Å². The van der Waals surface area contributed by atoms with Gasteiger partial charge < -0.3 is 10.4 Å². The maximum atomic E-state index is 11.0. The summed E-state index contributed by atoms with van der Waals surface area (Å²) < 4.78 is 0. The number of rotatable bonds is 6. The van der Waals surface area contributed by atoms with Gasteiger partial charge >= 0.3 is 5.97 Å². The lowest BCUT2D eigenvalue weighted by Gasteiger charge is -2.31. The third-order valence-corrected chi connectivity index (χ3v) is 5.36. The predicted molar refractivity (Wildman–Crippen MR) is 78.3 cm³/mol. The van der Waals surface area contributed by atoms with E-state index < -0.39 is 12.0 Å². The van der Waals surface area contributed by atoms with Crippen LogP contribution in [0.1, 0.15) is 46.5 Å². The number of hydrogen-bond acceptors (Lipinski definition) is 3. The van der Waals surface area contributed by atoms with Crippen LogP contribution in [0.4, 0.5) is 0 Å². The number of carboxylic acid groups (broad SMARTS) is 1. The first-order valence-electron chi connectivity index (χ1n) is 7.01. The minimum absolute atomic E-state index is 0.280. The Morgan fingerprint density at radius 1 is 1.32 bits per heavy atom. The smallest absolute Gasteiger partial charge is 0.326 e. The number of carbonyl (C=O) groups is 2. The van der Waals surface area contributed by atoms with E-state index in [1.807, 2.05) is 11.8 Å². The summed E-state index contributed by atoms with van der Waals surface area (Å²) in [7, 11) is 0. The molecule has 0 saturated heterocycles. The zero-order chi connectivity index (χ0) is 14.4. The van der Waals surface area contributed by atoms with Crippen molar-refractivity contribution >= 4 is 23.6 Å². The van der Waals surface area contributed by atoms with Gasteiger partial charge in [0, 0.05) is 12.2 Å². The van der Waals surface area contributed by atoms with Gasteiger partial charge in [0.05, 0.1) is 0 Å². The van der Waals surface area contributed by atoms with Gasteiger partial charge in [-0.2, -0.15) is 11.8 Å². The molecule has 1 amide bonds. The molecule has 4 nitrogen and oxygen atoms in total. The van der Waals surface area contributed by atoms with Crippen molar-refractivity contribution in [3.63, 3.8) is 0 Å². The van der Waals surface area contributed by atoms with Crippen molar-refractivity contribution in [1.82, 2.24) is 5.32 Å². The molecule has 0 aliphatic heterocycles. The van der Waals surface area contributed by atoms with Gasteiger partial charge in [0.15, 0.2) is 0 Å². The molecule has 4 unspecified atom stereocenters. The normalized spacial score (nSPS) is 28.7. The molecule has 1 fully saturated rings. The van der Waals surface area contributed by atoms with Crippen molar-refractivity contribution in [3.8, 4) is 0 Å². The van der Waals surface area contributed by atoms with Gasteiger partial charge in [0.2, 0.25) is 5.91 Å². The van der Waals surface area contributed by atoms with E-state index in [9.17, 15) is 9.59 Å². The highest BCUT2D eigenvalue weighted by atomic mass is 32.2. The average molecular weight is 287 g/mol. The number of hydrogen-bond donors (Lipinski definition) is 2. The molecule has 1 saturated carbocycles. The molecule has 1 aliphatic rings. The lowest BCUT2D eigenvalue weighted by atomic mass is 9.81. The minimum atomic E-state index is -0.943. The highest BCUT2D eigenvalue weighted by molar-refractivity contribution is 7.99. The molecule has 1 aliphatic carbocycles. The first-order chi connectivity index (χ1) is 8.90. The summed E-state index contributed by atoms with van der Waals surface area (Å²) >= 11 is 1.86. The number of aliphatic carboxylic acids is 1. The summed E-state index contributed by atoms with van der Waals surface area (Å²) in [6, 6.07) is -0.745. The van der Waals surface area contributed by atoms with Crippen LogP contribution in [0.2, 0.25) is 0 Å². The quantitative estimate of drug-likeness (QED) is 0.788. The molecule has 0 aromatic rings.